The van der Waals surface area contributed by atoms with Gasteiger partial charge in [-0.1, -0.05) is 29.3 Å². The van der Waals surface area contributed by atoms with Crippen molar-refractivity contribution >= 4 is 50.5 Å². The molecule has 0 aliphatic rings. The van der Waals surface area contributed by atoms with E-state index in [2.05, 4.69) is 10.0 Å². The number of amides is 1. The first-order valence-corrected chi connectivity index (χ1v) is 9.49. The maximum Gasteiger partial charge on any atom is 0.262 e. The molecular weight excluding hydrogens is 387 g/mol. The van der Waals surface area contributed by atoms with Crippen molar-refractivity contribution in [3.63, 3.8) is 0 Å². The number of halogens is 2. The van der Waals surface area contributed by atoms with Crippen LogP contribution in [0.2, 0.25) is 10.0 Å². The van der Waals surface area contributed by atoms with Gasteiger partial charge in [0, 0.05) is 6.92 Å². The zero-order valence-electron chi connectivity index (χ0n) is 13.5. The molecule has 9 heteroatoms. The van der Waals surface area contributed by atoms with E-state index in [0.717, 1.165) is 0 Å². The summed E-state index contributed by atoms with van der Waals surface area (Å²) in [6.07, 6.45) is 0. The zero-order chi connectivity index (χ0) is 18.6. The second-order valence-corrected chi connectivity index (χ2v) is 7.45. The van der Waals surface area contributed by atoms with Gasteiger partial charge in [0.25, 0.3) is 10.0 Å². The highest BCUT2D eigenvalue weighted by Gasteiger charge is 2.19. The van der Waals surface area contributed by atoms with E-state index in [1.54, 1.807) is 19.1 Å². The smallest absolute Gasteiger partial charge is 0.262 e. The maximum atomic E-state index is 12.6. The van der Waals surface area contributed by atoms with E-state index in [0.29, 0.717) is 12.4 Å². The number of hydrogen-bond acceptors (Lipinski definition) is 4. The van der Waals surface area contributed by atoms with Crippen molar-refractivity contribution in [1.29, 1.82) is 0 Å². The van der Waals surface area contributed by atoms with Crippen molar-refractivity contribution in [2.45, 2.75) is 18.7 Å². The van der Waals surface area contributed by atoms with E-state index >= 15 is 0 Å². The first-order chi connectivity index (χ1) is 11.7. The van der Waals surface area contributed by atoms with Gasteiger partial charge in [-0.05, 0) is 37.3 Å². The third kappa shape index (κ3) is 4.78. The summed E-state index contributed by atoms with van der Waals surface area (Å²) in [5, 5.41) is 2.88. The summed E-state index contributed by atoms with van der Waals surface area (Å²) in [4.78, 5) is 11.3. The summed E-state index contributed by atoms with van der Waals surface area (Å²) in [5.74, 6) is 0.0267. The zero-order valence-corrected chi connectivity index (χ0v) is 15.8. The van der Waals surface area contributed by atoms with Crippen LogP contribution in [0.4, 0.5) is 11.4 Å². The summed E-state index contributed by atoms with van der Waals surface area (Å²) >= 11 is 11.9. The fraction of sp³-hybridized carbons (Fsp3) is 0.188. The summed E-state index contributed by atoms with van der Waals surface area (Å²) in [7, 11) is -3.94. The second-order valence-electron chi connectivity index (χ2n) is 4.98. The van der Waals surface area contributed by atoms with Gasteiger partial charge in [-0.15, -0.1) is 0 Å². The minimum atomic E-state index is -3.94. The van der Waals surface area contributed by atoms with Crippen molar-refractivity contribution in [3.8, 4) is 5.75 Å². The number of anilines is 2. The fourth-order valence-corrected chi connectivity index (χ4v) is 3.53. The molecule has 0 fully saturated rings. The van der Waals surface area contributed by atoms with Crippen LogP contribution in [0, 0.1) is 0 Å². The lowest BCUT2D eigenvalue weighted by molar-refractivity contribution is -0.114. The Labute approximate surface area is 156 Å². The predicted molar refractivity (Wildman–Crippen MR) is 99.2 cm³/mol. The summed E-state index contributed by atoms with van der Waals surface area (Å²) in [6, 6.07) is 8.78. The van der Waals surface area contributed by atoms with E-state index in [1.807, 2.05) is 0 Å². The highest BCUT2D eigenvalue weighted by atomic mass is 35.5. The molecule has 0 bridgehead atoms. The molecule has 2 rings (SSSR count). The molecule has 0 saturated carbocycles. The van der Waals surface area contributed by atoms with Gasteiger partial charge in [-0.3, -0.25) is 9.52 Å². The van der Waals surface area contributed by atoms with Gasteiger partial charge in [0.05, 0.1) is 32.9 Å². The monoisotopic (exact) mass is 402 g/mol. The summed E-state index contributed by atoms with van der Waals surface area (Å²) in [6.45, 7) is 3.47. The van der Waals surface area contributed by atoms with E-state index < -0.39 is 10.0 Å². The molecule has 2 N–H and O–H groups in total. The molecule has 0 atom stereocenters. The van der Waals surface area contributed by atoms with Crippen molar-refractivity contribution in [3.05, 3.63) is 46.4 Å². The molecular formula is C16H16Cl2N2O4S. The highest BCUT2D eigenvalue weighted by molar-refractivity contribution is 7.92. The fourth-order valence-electron chi connectivity index (χ4n) is 2.03. The molecule has 1 amide bonds. The number of hydrogen-bond donors (Lipinski definition) is 2. The molecule has 0 saturated heterocycles. The lowest BCUT2D eigenvalue weighted by Gasteiger charge is -2.14. The Morgan fingerprint density at radius 1 is 1.16 bits per heavy atom. The number of sulfonamides is 1. The topological polar surface area (TPSA) is 84.5 Å². The molecule has 0 aliphatic heterocycles. The van der Waals surface area contributed by atoms with Crippen LogP contribution in [0.5, 0.6) is 5.75 Å². The first-order valence-electron chi connectivity index (χ1n) is 7.26. The number of rotatable bonds is 6. The maximum absolute atomic E-state index is 12.6. The number of benzene rings is 2. The number of carbonyl (C=O) groups excluding carboxylic acids is 1. The normalized spacial score (nSPS) is 11.0. The third-order valence-electron chi connectivity index (χ3n) is 3.07. The third-order valence-corrected chi connectivity index (χ3v) is 5.25. The molecule has 6 nitrogen and oxygen atoms in total. The van der Waals surface area contributed by atoms with Crippen LogP contribution in [0.3, 0.4) is 0 Å². The van der Waals surface area contributed by atoms with Gasteiger partial charge in [0.1, 0.15) is 5.75 Å². The molecule has 0 aliphatic carbocycles. The van der Waals surface area contributed by atoms with Crippen LogP contribution in [0.25, 0.3) is 0 Å². The van der Waals surface area contributed by atoms with E-state index in [4.69, 9.17) is 27.9 Å². The van der Waals surface area contributed by atoms with E-state index in [9.17, 15) is 13.2 Å². The largest absolute Gasteiger partial charge is 0.492 e. The average Bonchev–Trinajstić information content (AvgIpc) is 2.53. The molecule has 0 radical (unpaired) electrons. The van der Waals surface area contributed by atoms with Crippen LogP contribution < -0.4 is 14.8 Å². The quantitative estimate of drug-likeness (QED) is 0.759. The Kier molecular flexibility index (Phi) is 6.16. The van der Waals surface area contributed by atoms with Gasteiger partial charge in [0.15, 0.2) is 0 Å². The number of carbonyl (C=O) groups is 1. The second kappa shape index (κ2) is 7.95. The molecule has 0 heterocycles. The van der Waals surface area contributed by atoms with Crippen LogP contribution in [-0.4, -0.2) is 20.9 Å². The minimum Gasteiger partial charge on any atom is -0.492 e. The molecule has 2 aromatic rings. The van der Waals surface area contributed by atoms with Crippen molar-refractivity contribution < 1.29 is 17.9 Å². The Hall–Kier alpha value is -1.96. The molecule has 134 valence electrons. The van der Waals surface area contributed by atoms with Crippen molar-refractivity contribution in [1.82, 2.24) is 0 Å². The first kappa shape index (κ1) is 19.4. The van der Waals surface area contributed by atoms with Crippen LogP contribution in [-0.2, 0) is 14.8 Å². The Morgan fingerprint density at radius 2 is 1.88 bits per heavy atom. The van der Waals surface area contributed by atoms with E-state index in [-0.39, 0.29) is 32.2 Å². The van der Waals surface area contributed by atoms with Gasteiger partial charge in [-0.2, -0.15) is 0 Å². The Balaban J connectivity index is 2.41. The summed E-state index contributed by atoms with van der Waals surface area (Å²) < 4.78 is 33.0. The highest BCUT2D eigenvalue weighted by Crippen LogP contribution is 2.33. The number of nitrogens with one attached hydrogen (secondary N) is 2. The SMILES string of the molecule is CCOc1ccc(S(=O)(=O)Nc2cccc(Cl)c2Cl)cc1NC(C)=O. The van der Waals surface area contributed by atoms with Gasteiger partial charge >= 0.3 is 0 Å². The van der Waals surface area contributed by atoms with Crippen molar-refractivity contribution in [2.75, 3.05) is 16.6 Å². The minimum absolute atomic E-state index is 0.0595. The molecule has 0 spiro atoms. The molecule has 25 heavy (non-hydrogen) atoms. The standard InChI is InChI=1S/C16H16Cl2N2O4S/c1-3-24-15-8-7-11(9-14(15)19-10(2)21)25(22,23)20-13-6-4-5-12(17)16(13)18/h4-9,20H,3H2,1-2H3,(H,19,21). The molecule has 0 aromatic heterocycles. The van der Waals surface area contributed by atoms with Gasteiger partial charge < -0.3 is 10.1 Å². The molecule has 2 aromatic carbocycles. The average molecular weight is 403 g/mol. The van der Waals surface area contributed by atoms with Gasteiger partial charge in [0.2, 0.25) is 5.91 Å². The molecule has 0 unspecified atom stereocenters. The summed E-state index contributed by atoms with van der Waals surface area (Å²) in [5.41, 5.74) is 0.415. The van der Waals surface area contributed by atoms with Gasteiger partial charge in [-0.25, -0.2) is 8.42 Å². The lowest BCUT2D eigenvalue weighted by Crippen LogP contribution is -2.15. The van der Waals surface area contributed by atoms with Crippen LogP contribution in [0.1, 0.15) is 13.8 Å². The van der Waals surface area contributed by atoms with Crippen LogP contribution >= 0.6 is 23.2 Å². The Morgan fingerprint density at radius 3 is 2.52 bits per heavy atom. The van der Waals surface area contributed by atoms with Crippen LogP contribution in [0.15, 0.2) is 41.3 Å². The lowest BCUT2D eigenvalue weighted by atomic mass is 10.3. The van der Waals surface area contributed by atoms with Crippen molar-refractivity contribution in [2.24, 2.45) is 0 Å². The number of ether oxygens (including phenoxy) is 1. The predicted octanol–water partition coefficient (Wildman–Crippen LogP) is 4.15. The Bertz CT molecular complexity index is 901. The van der Waals surface area contributed by atoms with E-state index in [1.165, 1.54) is 31.2 Å².